The number of para-hydroxylation sites is 1. The third-order valence-corrected chi connectivity index (χ3v) is 4.99. The van der Waals surface area contributed by atoms with Crippen LogP contribution in [0.2, 0.25) is 0 Å². The van der Waals surface area contributed by atoms with Crippen LogP contribution in [0.5, 0.6) is 5.75 Å². The quantitative estimate of drug-likeness (QED) is 0.461. The fraction of sp³-hybridized carbons (Fsp3) is 0.304. The number of hydrogen-bond acceptors (Lipinski definition) is 7. The Morgan fingerprint density at radius 1 is 1.33 bits per heavy atom. The molecule has 3 heterocycles. The van der Waals surface area contributed by atoms with Gasteiger partial charge in [-0.2, -0.15) is 5.10 Å². The van der Waals surface area contributed by atoms with Crippen molar-refractivity contribution in [3.05, 3.63) is 60.7 Å². The van der Waals surface area contributed by atoms with Gasteiger partial charge in [0.1, 0.15) is 12.4 Å². The van der Waals surface area contributed by atoms with E-state index >= 15 is 0 Å². The molecule has 1 unspecified atom stereocenters. The van der Waals surface area contributed by atoms with Crippen molar-refractivity contribution in [1.82, 2.24) is 20.1 Å². The van der Waals surface area contributed by atoms with Gasteiger partial charge in [-0.15, -0.1) is 0 Å². The van der Waals surface area contributed by atoms with E-state index in [9.17, 15) is 4.79 Å². The topological polar surface area (TPSA) is 123 Å². The summed E-state index contributed by atoms with van der Waals surface area (Å²) in [5, 5.41) is 23.0. The monoisotopic (exact) mass is 450 g/mol. The van der Waals surface area contributed by atoms with Crippen molar-refractivity contribution in [3.63, 3.8) is 0 Å². The first-order valence-electron chi connectivity index (χ1n) is 10.7. The highest BCUT2D eigenvalue weighted by Gasteiger charge is 2.22. The Morgan fingerprint density at radius 3 is 3.06 bits per heavy atom. The molecule has 0 spiro atoms. The van der Waals surface area contributed by atoms with E-state index in [0.29, 0.717) is 31.0 Å². The Balaban J connectivity index is 1.25. The summed E-state index contributed by atoms with van der Waals surface area (Å²) in [7, 11) is 0. The SMILES string of the molecule is Cc1cc(NC(=O)NCC2=NOC(COc3ccccc3-c3cnn(CCO)c3)C2)ccn1. The lowest BCUT2D eigenvalue weighted by Crippen LogP contribution is -2.33. The molecule has 3 aromatic rings. The molecule has 3 N–H and O–H groups in total. The van der Waals surface area contributed by atoms with E-state index in [1.165, 1.54) is 0 Å². The Labute approximate surface area is 191 Å². The Bertz CT molecular complexity index is 1130. The number of pyridine rings is 1. The van der Waals surface area contributed by atoms with Gasteiger partial charge in [0, 0.05) is 41.3 Å². The molecule has 0 aliphatic carbocycles. The number of aromatic nitrogens is 3. The number of aliphatic hydroxyl groups excluding tert-OH is 1. The smallest absolute Gasteiger partial charge is 0.319 e. The molecule has 0 bridgehead atoms. The van der Waals surface area contributed by atoms with Gasteiger partial charge in [0.05, 0.1) is 31.6 Å². The van der Waals surface area contributed by atoms with E-state index < -0.39 is 0 Å². The minimum Gasteiger partial charge on any atom is -0.489 e. The van der Waals surface area contributed by atoms with Gasteiger partial charge in [-0.3, -0.25) is 9.67 Å². The summed E-state index contributed by atoms with van der Waals surface area (Å²) in [5.41, 5.74) is 4.05. The number of aliphatic hydroxyl groups is 1. The normalized spacial score (nSPS) is 15.0. The summed E-state index contributed by atoms with van der Waals surface area (Å²) in [6.45, 7) is 2.93. The van der Waals surface area contributed by atoms with E-state index in [2.05, 4.69) is 25.9 Å². The van der Waals surface area contributed by atoms with Crippen molar-refractivity contribution in [3.8, 4) is 16.9 Å². The summed E-state index contributed by atoms with van der Waals surface area (Å²) < 4.78 is 7.70. The molecule has 0 saturated carbocycles. The fourth-order valence-electron chi connectivity index (χ4n) is 3.40. The van der Waals surface area contributed by atoms with Gasteiger partial charge >= 0.3 is 6.03 Å². The summed E-state index contributed by atoms with van der Waals surface area (Å²) in [4.78, 5) is 21.7. The number of carbonyl (C=O) groups excluding carboxylic acids is 1. The molecule has 2 amide bonds. The summed E-state index contributed by atoms with van der Waals surface area (Å²) >= 11 is 0. The highest BCUT2D eigenvalue weighted by Crippen LogP contribution is 2.30. The zero-order valence-corrected chi connectivity index (χ0v) is 18.3. The molecule has 2 aromatic heterocycles. The molecule has 1 aliphatic heterocycles. The first-order valence-corrected chi connectivity index (χ1v) is 10.7. The van der Waals surface area contributed by atoms with Crippen LogP contribution < -0.4 is 15.4 Å². The van der Waals surface area contributed by atoms with E-state index in [-0.39, 0.29) is 25.3 Å². The number of hydrogen-bond donors (Lipinski definition) is 3. The van der Waals surface area contributed by atoms with Crippen LogP contribution in [0.25, 0.3) is 11.1 Å². The van der Waals surface area contributed by atoms with Crippen LogP contribution in [0.3, 0.4) is 0 Å². The minimum atomic E-state index is -0.321. The van der Waals surface area contributed by atoms with Crippen LogP contribution in [-0.4, -0.2) is 57.5 Å². The first kappa shape index (κ1) is 22.3. The standard InChI is InChI=1S/C23H26N6O4/c1-16-10-18(6-7-24-16)27-23(31)25-13-19-11-20(33-28-19)15-32-22-5-3-2-4-21(22)17-12-26-29(14-17)8-9-30/h2-7,10,12,14,20,30H,8-9,11,13,15H2,1H3,(H2,24,25,27,31). The van der Waals surface area contributed by atoms with Crippen LogP contribution in [0.4, 0.5) is 10.5 Å². The number of carbonyl (C=O) groups is 1. The molecule has 1 aliphatic rings. The van der Waals surface area contributed by atoms with E-state index in [1.54, 1.807) is 29.2 Å². The minimum absolute atomic E-state index is 0.0283. The molecule has 33 heavy (non-hydrogen) atoms. The Hall–Kier alpha value is -3.92. The van der Waals surface area contributed by atoms with Crippen LogP contribution >= 0.6 is 0 Å². The number of oxime groups is 1. The van der Waals surface area contributed by atoms with Gasteiger partial charge in [0.25, 0.3) is 0 Å². The molecular formula is C23H26N6O4. The number of benzene rings is 1. The zero-order valence-electron chi connectivity index (χ0n) is 18.3. The van der Waals surface area contributed by atoms with Crippen LogP contribution in [0.15, 0.2) is 60.1 Å². The molecule has 10 heteroatoms. The highest BCUT2D eigenvalue weighted by atomic mass is 16.7. The van der Waals surface area contributed by atoms with Crippen molar-refractivity contribution in [2.24, 2.45) is 5.16 Å². The number of anilines is 1. The van der Waals surface area contributed by atoms with Gasteiger partial charge in [-0.25, -0.2) is 4.79 Å². The molecule has 1 atom stereocenters. The number of nitrogens with zero attached hydrogens (tertiary/aromatic N) is 4. The van der Waals surface area contributed by atoms with Gasteiger partial charge in [-0.1, -0.05) is 23.4 Å². The molecular weight excluding hydrogens is 424 g/mol. The molecule has 10 nitrogen and oxygen atoms in total. The lowest BCUT2D eigenvalue weighted by Gasteiger charge is -2.13. The zero-order chi connectivity index (χ0) is 23.0. The lowest BCUT2D eigenvalue weighted by molar-refractivity contribution is 0.0472. The number of nitrogens with one attached hydrogen (secondary N) is 2. The number of ether oxygens (including phenoxy) is 1. The summed E-state index contributed by atoms with van der Waals surface area (Å²) in [6, 6.07) is 10.9. The van der Waals surface area contributed by atoms with E-state index in [0.717, 1.165) is 22.5 Å². The van der Waals surface area contributed by atoms with Crippen molar-refractivity contribution >= 4 is 17.4 Å². The van der Waals surface area contributed by atoms with Crippen molar-refractivity contribution in [1.29, 1.82) is 0 Å². The lowest BCUT2D eigenvalue weighted by atomic mass is 10.1. The predicted octanol–water partition coefficient (Wildman–Crippen LogP) is 2.59. The van der Waals surface area contributed by atoms with Crippen molar-refractivity contribution in [2.45, 2.75) is 26.0 Å². The fourth-order valence-corrected chi connectivity index (χ4v) is 3.40. The molecule has 1 aromatic carbocycles. The van der Waals surface area contributed by atoms with Crippen LogP contribution in [0.1, 0.15) is 12.1 Å². The highest BCUT2D eigenvalue weighted by molar-refractivity contribution is 5.94. The summed E-state index contributed by atoms with van der Waals surface area (Å²) in [6.07, 6.45) is 5.58. The first-order chi connectivity index (χ1) is 16.1. The number of aryl methyl sites for hydroxylation is 1. The number of amides is 2. The molecule has 0 saturated heterocycles. The Morgan fingerprint density at radius 2 is 2.21 bits per heavy atom. The third kappa shape index (κ3) is 6.07. The van der Waals surface area contributed by atoms with Gasteiger partial charge < -0.3 is 25.3 Å². The second kappa shape index (κ2) is 10.6. The Kier molecular flexibility index (Phi) is 7.16. The van der Waals surface area contributed by atoms with Crippen LogP contribution in [0, 0.1) is 6.92 Å². The number of urea groups is 1. The van der Waals surface area contributed by atoms with Crippen molar-refractivity contribution in [2.75, 3.05) is 25.1 Å². The third-order valence-electron chi connectivity index (χ3n) is 4.99. The van der Waals surface area contributed by atoms with Gasteiger partial charge in [0.2, 0.25) is 0 Å². The van der Waals surface area contributed by atoms with Crippen molar-refractivity contribution < 1.29 is 19.5 Å². The van der Waals surface area contributed by atoms with E-state index in [4.69, 9.17) is 14.7 Å². The molecule has 0 radical (unpaired) electrons. The maximum Gasteiger partial charge on any atom is 0.319 e. The van der Waals surface area contributed by atoms with Crippen LogP contribution in [-0.2, 0) is 11.4 Å². The maximum atomic E-state index is 12.1. The summed E-state index contributed by atoms with van der Waals surface area (Å²) in [5.74, 6) is 0.711. The average molecular weight is 450 g/mol. The largest absolute Gasteiger partial charge is 0.489 e. The second-order valence-corrected chi connectivity index (χ2v) is 7.61. The predicted molar refractivity (Wildman–Crippen MR) is 123 cm³/mol. The molecule has 172 valence electrons. The molecule has 4 rings (SSSR count). The molecule has 0 fully saturated rings. The van der Waals surface area contributed by atoms with Gasteiger partial charge in [-0.05, 0) is 25.1 Å². The van der Waals surface area contributed by atoms with Gasteiger partial charge in [0.15, 0.2) is 6.10 Å². The second-order valence-electron chi connectivity index (χ2n) is 7.61. The van der Waals surface area contributed by atoms with E-state index in [1.807, 2.05) is 37.4 Å². The maximum absolute atomic E-state index is 12.1. The number of rotatable bonds is 9. The average Bonchev–Trinajstić information content (AvgIpc) is 3.46.